The first-order chi connectivity index (χ1) is 30.7. The molecule has 394 valence electrons. The molecule has 68 heavy (non-hydrogen) atoms. The summed E-state index contributed by atoms with van der Waals surface area (Å²) in [5.74, 6) is 1.92. The van der Waals surface area contributed by atoms with E-state index >= 15 is 0 Å². The number of hydrogen-bond donors (Lipinski definition) is 0. The molecule has 0 aromatic heterocycles. The number of hydrogen-bond acceptors (Lipinski definition) is 7. The summed E-state index contributed by atoms with van der Waals surface area (Å²) in [6, 6.07) is 33.6. The second-order valence-corrected chi connectivity index (χ2v) is 22.4. The van der Waals surface area contributed by atoms with Gasteiger partial charge in [0.25, 0.3) is 0 Å². The van der Waals surface area contributed by atoms with Gasteiger partial charge in [0.1, 0.15) is 27.1 Å². The topological polar surface area (TPSA) is 86.7 Å². The Morgan fingerprint density at radius 3 is 0.853 bits per heavy atom. The second-order valence-electron chi connectivity index (χ2n) is 17.8. The lowest BCUT2D eigenvalue weighted by Gasteiger charge is -2.29. The van der Waals surface area contributed by atoms with Gasteiger partial charge in [-0.25, -0.2) is 8.42 Å². The summed E-state index contributed by atoms with van der Waals surface area (Å²) in [5, 5.41) is 0. The van der Waals surface area contributed by atoms with Gasteiger partial charge in [0.15, 0.2) is 5.41 Å². The molecule has 4 aromatic carbocycles. The fourth-order valence-electron chi connectivity index (χ4n) is 3.16. The average Bonchev–Trinajstić information content (AvgIpc) is 3.14. The number of ether oxygens (including phenoxy) is 2. The van der Waals surface area contributed by atoms with Crippen molar-refractivity contribution in [3.63, 3.8) is 0 Å². The van der Waals surface area contributed by atoms with Gasteiger partial charge < -0.3 is 14.3 Å². The molecular formula is C53H86F6O6S3. The highest BCUT2D eigenvalue weighted by molar-refractivity contribution is 7.97. The maximum atomic E-state index is 11.6. The highest BCUT2D eigenvalue weighted by Gasteiger charge is 2.64. The van der Waals surface area contributed by atoms with Crippen LogP contribution in [0.1, 0.15) is 109 Å². The SMILES string of the molecule is CC(C)(C(F)(F)F)C(F)(F)F.CC(C)(C)C.CC(C)=O.CCC.COC.CS(C)(=O)=O.CS(C)=O.CSC.Cc1ccc(Cc2ccc(C)cc2)cc1.Cc1ccc(Oc2ccc(C)cc2)cc1. The molecule has 0 radical (unpaired) electrons. The van der Waals surface area contributed by atoms with Crippen LogP contribution in [0.3, 0.4) is 0 Å². The summed E-state index contributed by atoms with van der Waals surface area (Å²) in [4.78, 5) is 9.44. The van der Waals surface area contributed by atoms with E-state index in [-0.39, 0.29) is 19.6 Å². The van der Waals surface area contributed by atoms with Crippen LogP contribution in [0.2, 0.25) is 0 Å². The number of aryl methyl sites for hydroxylation is 4. The molecule has 0 fully saturated rings. The third kappa shape index (κ3) is 60.4. The minimum atomic E-state index is -5.24. The Morgan fingerprint density at radius 2 is 0.721 bits per heavy atom. The van der Waals surface area contributed by atoms with Crippen molar-refractivity contribution in [1.29, 1.82) is 0 Å². The van der Waals surface area contributed by atoms with E-state index in [1.807, 2.05) is 61.0 Å². The van der Waals surface area contributed by atoms with E-state index in [0.29, 0.717) is 5.41 Å². The zero-order valence-electron chi connectivity index (χ0n) is 45.1. The van der Waals surface area contributed by atoms with Crippen molar-refractivity contribution < 1.29 is 53.2 Å². The largest absolute Gasteiger partial charge is 0.457 e. The summed E-state index contributed by atoms with van der Waals surface area (Å²) >= 11 is 1.75. The first-order valence-electron chi connectivity index (χ1n) is 21.4. The molecule has 0 spiro atoms. The van der Waals surface area contributed by atoms with E-state index in [2.05, 4.69) is 123 Å². The van der Waals surface area contributed by atoms with E-state index < -0.39 is 38.4 Å². The van der Waals surface area contributed by atoms with Gasteiger partial charge in [-0.15, -0.1) is 0 Å². The molecule has 4 rings (SSSR count). The first-order valence-corrected chi connectivity index (χ1v) is 27.3. The molecule has 0 atom stereocenters. The quantitative estimate of drug-likeness (QED) is 0.188. The Balaban J connectivity index is -0.000000169. The van der Waals surface area contributed by atoms with Crippen LogP contribution >= 0.6 is 11.8 Å². The summed E-state index contributed by atoms with van der Waals surface area (Å²) in [5.41, 5.74) is 4.76. The maximum Gasteiger partial charge on any atom is 0.402 e. The van der Waals surface area contributed by atoms with Crippen molar-refractivity contribution in [1.82, 2.24) is 0 Å². The van der Waals surface area contributed by atoms with Crippen LogP contribution < -0.4 is 4.74 Å². The zero-order chi connectivity index (χ0) is 55.1. The van der Waals surface area contributed by atoms with Gasteiger partial charge in [-0.2, -0.15) is 38.1 Å². The number of Topliss-reactive ketones (excluding diaryl/α,β-unsaturated/α-hetero) is 1. The van der Waals surface area contributed by atoms with Crippen LogP contribution in [-0.4, -0.2) is 82.5 Å². The van der Waals surface area contributed by atoms with E-state index in [4.69, 9.17) is 4.74 Å². The molecule has 6 nitrogen and oxygen atoms in total. The van der Waals surface area contributed by atoms with Gasteiger partial charge in [0.2, 0.25) is 0 Å². The molecule has 15 heteroatoms. The molecule has 0 unspecified atom stereocenters. The lowest BCUT2D eigenvalue weighted by atomic mass is 9.92. The zero-order valence-corrected chi connectivity index (χ0v) is 47.5. The lowest BCUT2D eigenvalue weighted by Crippen LogP contribution is -2.44. The molecule has 0 bridgehead atoms. The van der Waals surface area contributed by atoms with Gasteiger partial charge in [-0.05, 0) is 115 Å². The molecule has 0 N–H and O–H groups in total. The summed E-state index contributed by atoms with van der Waals surface area (Å²) in [6.07, 6.45) is 1.47. The normalized spacial score (nSPS) is 10.4. The molecule has 0 aliphatic rings. The van der Waals surface area contributed by atoms with Crippen LogP contribution in [0.5, 0.6) is 11.5 Å². The Morgan fingerprint density at radius 1 is 0.574 bits per heavy atom. The second kappa shape index (κ2) is 41.2. The number of carbonyl (C=O) groups excluding carboxylic acids is 1. The number of ketones is 1. The highest BCUT2D eigenvalue weighted by Crippen LogP contribution is 2.49. The first kappa shape index (κ1) is 75.8. The van der Waals surface area contributed by atoms with Crippen molar-refractivity contribution >= 4 is 38.2 Å². The minimum absolute atomic E-state index is 0.104. The fourth-order valence-corrected chi connectivity index (χ4v) is 3.16. The van der Waals surface area contributed by atoms with Gasteiger partial charge in [-0.1, -0.05) is 143 Å². The summed E-state index contributed by atoms with van der Waals surface area (Å²) < 4.78 is 108. The van der Waals surface area contributed by atoms with E-state index in [0.717, 1.165) is 30.4 Å². The number of thioether (sulfide) groups is 1. The molecule has 0 aliphatic carbocycles. The third-order valence-corrected chi connectivity index (χ3v) is 6.34. The Bertz CT molecular complexity index is 1690. The molecule has 0 aliphatic heterocycles. The number of halogens is 6. The molecule has 0 saturated heterocycles. The van der Waals surface area contributed by atoms with Crippen LogP contribution in [0.25, 0.3) is 0 Å². The van der Waals surface area contributed by atoms with E-state index in [1.165, 1.54) is 53.6 Å². The smallest absolute Gasteiger partial charge is 0.402 e. The monoisotopic (exact) mass is 1030 g/mol. The Hall–Kier alpha value is -3.66. The fraction of sp³-hybridized carbons (Fsp3) is 0.528. The minimum Gasteiger partial charge on any atom is -0.457 e. The van der Waals surface area contributed by atoms with Crippen molar-refractivity contribution in [2.45, 2.75) is 122 Å². The maximum absolute atomic E-state index is 11.6. The predicted octanol–water partition coefficient (Wildman–Crippen LogP) is 16.1. The standard InChI is InChI=1S/C15H16.C14H14O.C5H6F6.C5H12.C3H6O.C3H8.C2H6O2S.C2H6OS.C2H6O.C2H6S/c1-12-3-7-14(8-4-12)11-15-9-5-13(2)6-10-15;1-11-3-7-13(8-4-11)15-14-9-5-12(2)6-10-14;1-3(2,4(6,7)8)5(9,10)11;1-5(2,3)4;1-3(2)4;1-3-2;1-5(2,3)4;1-4(2)3;2*1-3-2/h3-10H,11H2,1-2H3;3-10H,1-2H3;1-2H3;1-4H3;1-2H3;3H2,1-2H3;1-2H3;1-2H3;2*1-2H3. The molecule has 0 heterocycles. The number of methoxy groups -OCH3 is 1. The van der Waals surface area contributed by atoms with Gasteiger partial charge >= 0.3 is 12.4 Å². The molecular weight excluding hydrogens is 943 g/mol. The molecule has 0 amide bonds. The Kier molecular flexibility index (Phi) is 45.9. The summed E-state index contributed by atoms with van der Waals surface area (Å²) in [6.45, 7) is 24.6. The van der Waals surface area contributed by atoms with E-state index in [1.54, 1.807) is 38.5 Å². The number of rotatable bonds is 4. The number of carbonyl (C=O) groups is 1. The highest BCUT2D eigenvalue weighted by atomic mass is 32.2. The lowest BCUT2D eigenvalue weighted by molar-refractivity contribution is -0.327. The van der Waals surface area contributed by atoms with E-state index in [9.17, 15) is 43.8 Å². The summed E-state index contributed by atoms with van der Waals surface area (Å²) in [7, 11) is -0.0278. The number of sulfone groups is 1. The van der Waals surface area contributed by atoms with Crippen molar-refractivity contribution in [2.24, 2.45) is 10.8 Å². The molecule has 0 saturated carbocycles. The van der Waals surface area contributed by atoms with Crippen molar-refractivity contribution in [3.8, 4) is 11.5 Å². The van der Waals surface area contributed by atoms with Crippen molar-refractivity contribution in [2.75, 3.05) is 51.8 Å². The molecule has 4 aromatic rings. The van der Waals surface area contributed by atoms with Crippen LogP contribution in [0, 0.1) is 38.5 Å². The number of alkyl halides is 6. The van der Waals surface area contributed by atoms with Crippen LogP contribution in [0.4, 0.5) is 26.3 Å². The number of benzene rings is 4. The Labute approximate surface area is 416 Å². The van der Waals surface area contributed by atoms with Gasteiger partial charge in [0, 0.05) is 50.0 Å². The van der Waals surface area contributed by atoms with Gasteiger partial charge in [-0.3, -0.25) is 4.21 Å². The van der Waals surface area contributed by atoms with Crippen molar-refractivity contribution in [3.05, 3.63) is 130 Å². The average molecular weight is 1030 g/mol. The predicted molar refractivity (Wildman–Crippen MR) is 284 cm³/mol. The van der Waals surface area contributed by atoms with Gasteiger partial charge in [0.05, 0.1) is 0 Å². The third-order valence-electron chi connectivity index (χ3n) is 6.34. The van der Waals surface area contributed by atoms with Crippen LogP contribution in [0.15, 0.2) is 97.1 Å². The van der Waals surface area contributed by atoms with Crippen LogP contribution in [-0.2, 0) is 36.6 Å².